The molecular formula is C18H24N2O4. The van der Waals surface area contributed by atoms with Gasteiger partial charge in [0.1, 0.15) is 5.75 Å². The van der Waals surface area contributed by atoms with Crippen molar-refractivity contribution in [3.05, 3.63) is 29.8 Å². The van der Waals surface area contributed by atoms with Crippen LogP contribution in [0.5, 0.6) is 5.75 Å². The number of hydrogen-bond donors (Lipinski definition) is 2. The fourth-order valence-electron chi connectivity index (χ4n) is 3.61. The highest BCUT2D eigenvalue weighted by atomic mass is 16.5. The van der Waals surface area contributed by atoms with E-state index in [1.165, 1.54) is 0 Å². The maximum Gasteiger partial charge on any atom is 0.341 e. The molecule has 2 aliphatic heterocycles. The normalized spacial score (nSPS) is 20.6. The molecule has 1 aromatic carbocycles. The van der Waals surface area contributed by atoms with Crippen LogP contribution in [0.1, 0.15) is 31.2 Å². The zero-order valence-electron chi connectivity index (χ0n) is 13.8. The van der Waals surface area contributed by atoms with Gasteiger partial charge in [0.05, 0.1) is 0 Å². The van der Waals surface area contributed by atoms with Gasteiger partial charge in [-0.2, -0.15) is 0 Å². The van der Waals surface area contributed by atoms with E-state index >= 15 is 0 Å². The number of rotatable bonds is 5. The molecule has 0 aromatic heterocycles. The molecule has 2 saturated heterocycles. The number of likely N-dealkylation sites (tertiary alicyclic amines) is 1. The summed E-state index contributed by atoms with van der Waals surface area (Å²) in [5.74, 6) is -0.151. The number of para-hydroxylation sites is 1. The van der Waals surface area contributed by atoms with Gasteiger partial charge >= 0.3 is 5.97 Å². The zero-order valence-corrected chi connectivity index (χ0v) is 13.8. The van der Waals surface area contributed by atoms with Crippen LogP contribution in [-0.4, -0.2) is 48.1 Å². The van der Waals surface area contributed by atoms with Crippen LogP contribution >= 0.6 is 0 Å². The second-order valence-corrected chi connectivity index (χ2v) is 6.84. The number of hydrogen-bond acceptors (Lipinski definition) is 4. The van der Waals surface area contributed by atoms with Crippen molar-refractivity contribution in [2.45, 2.75) is 32.2 Å². The number of nitrogens with one attached hydrogen (secondary N) is 1. The van der Waals surface area contributed by atoms with E-state index in [2.05, 4.69) is 10.2 Å². The third kappa shape index (κ3) is 4.06. The first-order valence-electron chi connectivity index (χ1n) is 8.48. The van der Waals surface area contributed by atoms with E-state index in [-0.39, 0.29) is 17.9 Å². The van der Waals surface area contributed by atoms with Crippen LogP contribution in [0.2, 0.25) is 0 Å². The maximum absolute atomic E-state index is 11.4. The third-order valence-electron chi connectivity index (χ3n) is 5.18. The Kier molecular flexibility index (Phi) is 5.04. The van der Waals surface area contributed by atoms with Gasteiger partial charge in [0.15, 0.2) is 6.61 Å². The summed E-state index contributed by atoms with van der Waals surface area (Å²) in [6.45, 7) is 3.22. The summed E-state index contributed by atoms with van der Waals surface area (Å²) >= 11 is 0. The summed E-state index contributed by atoms with van der Waals surface area (Å²) in [5, 5.41) is 11.8. The molecule has 2 fully saturated rings. The lowest BCUT2D eigenvalue weighted by atomic mass is 9.73. The lowest BCUT2D eigenvalue weighted by Gasteiger charge is -2.44. The Hall–Kier alpha value is -2.08. The summed E-state index contributed by atoms with van der Waals surface area (Å²) in [7, 11) is 0. The van der Waals surface area contributed by atoms with E-state index < -0.39 is 5.97 Å². The Labute approximate surface area is 141 Å². The summed E-state index contributed by atoms with van der Waals surface area (Å²) in [5.41, 5.74) is 1.29. The van der Waals surface area contributed by atoms with Crippen LogP contribution in [-0.2, 0) is 16.1 Å². The Balaban J connectivity index is 1.56. The van der Waals surface area contributed by atoms with Gasteiger partial charge in [-0.3, -0.25) is 9.69 Å². The van der Waals surface area contributed by atoms with Gasteiger partial charge in [-0.15, -0.1) is 0 Å². The van der Waals surface area contributed by atoms with E-state index in [4.69, 9.17) is 9.84 Å². The minimum Gasteiger partial charge on any atom is -0.482 e. The zero-order chi connectivity index (χ0) is 17.0. The molecule has 1 amide bonds. The topological polar surface area (TPSA) is 78.9 Å². The second kappa shape index (κ2) is 7.21. The summed E-state index contributed by atoms with van der Waals surface area (Å²) < 4.78 is 5.39. The summed E-state index contributed by atoms with van der Waals surface area (Å²) in [4.78, 5) is 24.4. The Morgan fingerprint density at radius 2 is 2.00 bits per heavy atom. The van der Waals surface area contributed by atoms with Gasteiger partial charge in [0.2, 0.25) is 5.91 Å². The second-order valence-electron chi connectivity index (χ2n) is 6.84. The van der Waals surface area contributed by atoms with E-state index in [9.17, 15) is 9.59 Å². The first-order chi connectivity index (χ1) is 11.6. The minimum absolute atomic E-state index is 0.174. The van der Waals surface area contributed by atoms with E-state index in [1.807, 2.05) is 24.3 Å². The molecule has 3 rings (SSSR count). The smallest absolute Gasteiger partial charge is 0.341 e. The molecule has 0 unspecified atom stereocenters. The van der Waals surface area contributed by atoms with Gasteiger partial charge in [0.25, 0.3) is 0 Å². The van der Waals surface area contributed by atoms with Crippen LogP contribution in [0, 0.1) is 5.41 Å². The van der Waals surface area contributed by atoms with Crippen LogP contribution in [0.25, 0.3) is 0 Å². The highest BCUT2D eigenvalue weighted by Gasteiger charge is 2.37. The lowest BCUT2D eigenvalue weighted by molar-refractivity contribution is -0.139. The molecule has 1 spiro atoms. The molecule has 24 heavy (non-hydrogen) atoms. The molecule has 0 saturated carbocycles. The van der Waals surface area contributed by atoms with Crippen molar-refractivity contribution >= 4 is 11.9 Å². The largest absolute Gasteiger partial charge is 0.482 e. The van der Waals surface area contributed by atoms with Crippen LogP contribution in [0.4, 0.5) is 0 Å². The molecule has 130 valence electrons. The Morgan fingerprint density at radius 3 is 2.67 bits per heavy atom. The number of piperidine rings is 2. The van der Waals surface area contributed by atoms with E-state index in [1.54, 1.807) is 0 Å². The molecule has 0 radical (unpaired) electrons. The average Bonchev–Trinajstić information content (AvgIpc) is 2.59. The number of carbonyl (C=O) groups is 2. The fourth-order valence-corrected chi connectivity index (χ4v) is 3.61. The van der Waals surface area contributed by atoms with Gasteiger partial charge in [-0.05, 0) is 43.8 Å². The molecule has 2 aliphatic rings. The van der Waals surface area contributed by atoms with E-state index in [0.29, 0.717) is 12.2 Å². The summed E-state index contributed by atoms with van der Waals surface area (Å²) in [6.07, 6.45) is 3.81. The molecule has 0 atom stereocenters. The van der Waals surface area contributed by atoms with Crippen LogP contribution in [0.15, 0.2) is 24.3 Å². The predicted octanol–water partition coefficient (Wildman–Crippen LogP) is 1.64. The Bertz CT molecular complexity index is 597. The first-order valence-corrected chi connectivity index (χ1v) is 8.48. The number of aliphatic carboxylic acids is 1. The quantitative estimate of drug-likeness (QED) is 0.857. The molecule has 2 N–H and O–H groups in total. The van der Waals surface area contributed by atoms with Gasteiger partial charge in [-0.1, -0.05) is 18.2 Å². The van der Waals surface area contributed by atoms with E-state index in [0.717, 1.165) is 51.0 Å². The van der Waals surface area contributed by atoms with Crippen molar-refractivity contribution in [1.29, 1.82) is 0 Å². The number of carbonyl (C=O) groups excluding carboxylic acids is 1. The molecule has 6 nitrogen and oxygen atoms in total. The monoisotopic (exact) mass is 332 g/mol. The number of benzene rings is 1. The van der Waals surface area contributed by atoms with Crippen molar-refractivity contribution in [2.75, 3.05) is 26.2 Å². The fraction of sp³-hybridized carbons (Fsp3) is 0.556. The number of carboxylic acids is 1. The Morgan fingerprint density at radius 1 is 1.25 bits per heavy atom. The minimum atomic E-state index is -0.968. The van der Waals surface area contributed by atoms with Crippen molar-refractivity contribution in [3.63, 3.8) is 0 Å². The first kappa shape index (κ1) is 16.8. The van der Waals surface area contributed by atoms with Crippen LogP contribution in [0.3, 0.4) is 0 Å². The van der Waals surface area contributed by atoms with Gasteiger partial charge in [-0.25, -0.2) is 4.79 Å². The third-order valence-corrected chi connectivity index (χ3v) is 5.18. The SMILES string of the molecule is O=C(O)COc1ccccc1CN1CCC2(CCC(=O)NC2)CC1. The summed E-state index contributed by atoms with van der Waals surface area (Å²) in [6, 6.07) is 7.62. The van der Waals surface area contributed by atoms with Crippen molar-refractivity contribution in [1.82, 2.24) is 10.2 Å². The standard InChI is InChI=1S/C18H24N2O4/c21-16-5-6-18(13-19-16)7-9-20(10-8-18)11-14-3-1-2-4-15(14)24-12-17(22)23/h1-4H,5-13H2,(H,19,21)(H,22,23). The number of amides is 1. The van der Waals surface area contributed by atoms with Gasteiger partial charge in [0, 0.05) is 25.1 Å². The molecule has 0 aliphatic carbocycles. The predicted molar refractivity (Wildman–Crippen MR) is 88.8 cm³/mol. The molecule has 6 heteroatoms. The highest BCUT2D eigenvalue weighted by molar-refractivity contribution is 5.76. The molecule has 1 aromatic rings. The highest BCUT2D eigenvalue weighted by Crippen LogP contribution is 2.38. The molecular weight excluding hydrogens is 308 g/mol. The number of nitrogens with zero attached hydrogens (tertiary/aromatic N) is 1. The van der Waals surface area contributed by atoms with Crippen molar-refractivity contribution in [3.8, 4) is 5.75 Å². The maximum atomic E-state index is 11.4. The molecule has 0 bridgehead atoms. The lowest BCUT2D eigenvalue weighted by Crippen LogP contribution is -2.49. The van der Waals surface area contributed by atoms with Crippen molar-refractivity contribution in [2.24, 2.45) is 5.41 Å². The van der Waals surface area contributed by atoms with Crippen LogP contribution < -0.4 is 10.1 Å². The number of ether oxygens (including phenoxy) is 1. The number of carboxylic acid groups (broad SMARTS) is 1. The van der Waals surface area contributed by atoms with Gasteiger partial charge < -0.3 is 15.2 Å². The average molecular weight is 332 g/mol. The van der Waals surface area contributed by atoms with Crippen molar-refractivity contribution < 1.29 is 19.4 Å². The molecule has 2 heterocycles.